The minimum absolute atomic E-state index is 0.202. The summed E-state index contributed by atoms with van der Waals surface area (Å²) in [5, 5.41) is 4.40. The van der Waals surface area contributed by atoms with E-state index in [1.54, 1.807) is 10.9 Å². The van der Waals surface area contributed by atoms with Crippen molar-refractivity contribution in [1.29, 1.82) is 0 Å². The fraction of sp³-hybridized carbons (Fsp3) is 0.667. The highest BCUT2D eigenvalue weighted by atomic mass is 32.2. The fourth-order valence-corrected chi connectivity index (χ4v) is 4.67. The summed E-state index contributed by atoms with van der Waals surface area (Å²) in [7, 11) is 0.602. The summed E-state index contributed by atoms with van der Waals surface area (Å²) in [5.74, 6) is 0.542. The molecule has 7 nitrogen and oxygen atoms in total. The van der Waals surface area contributed by atoms with Crippen molar-refractivity contribution in [2.75, 3.05) is 13.3 Å². The predicted molar refractivity (Wildman–Crippen MR) is 100 cm³/mol. The van der Waals surface area contributed by atoms with Gasteiger partial charge in [0.15, 0.2) is 0 Å². The molecule has 0 atom stereocenters. The lowest BCUT2D eigenvalue weighted by Crippen LogP contribution is -2.23. The molecule has 0 spiro atoms. The van der Waals surface area contributed by atoms with Crippen LogP contribution in [0.4, 0.5) is 0 Å². The molecule has 0 amide bonds. The molecule has 1 aliphatic rings. The highest BCUT2D eigenvalue weighted by Gasteiger charge is 2.23. The van der Waals surface area contributed by atoms with Gasteiger partial charge in [0, 0.05) is 44.7 Å². The normalized spacial score (nSPS) is 16.5. The molecule has 0 aliphatic heterocycles. The second-order valence-corrected chi connectivity index (χ2v) is 9.52. The summed E-state index contributed by atoms with van der Waals surface area (Å²) < 4.78 is 28.1. The van der Waals surface area contributed by atoms with Gasteiger partial charge in [-0.1, -0.05) is 19.3 Å². The molecule has 3 rings (SSSR count). The summed E-state index contributed by atoms with van der Waals surface area (Å²) in [6.45, 7) is 2.17. The molecule has 2 heterocycles. The molecule has 2 aromatic heterocycles. The van der Waals surface area contributed by atoms with E-state index in [1.165, 1.54) is 38.4 Å². The van der Waals surface area contributed by atoms with Gasteiger partial charge in [0.1, 0.15) is 0 Å². The molecule has 8 heteroatoms. The average molecular weight is 380 g/mol. The van der Waals surface area contributed by atoms with Crippen molar-refractivity contribution in [3.05, 3.63) is 29.8 Å². The van der Waals surface area contributed by atoms with Crippen LogP contribution in [-0.2, 0) is 36.5 Å². The van der Waals surface area contributed by atoms with Crippen LogP contribution in [0, 0.1) is 5.92 Å². The smallest absolute Gasteiger partial charge is 0.227 e. The zero-order valence-corrected chi connectivity index (χ0v) is 16.7. The van der Waals surface area contributed by atoms with Crippen LogP contribution in [0.2, 0.25) is 0 Å². The van der Waals surface area contributed by atoms with E-state index in [9.17, 15) is 8.42 Å². The molecule has 1 saturated carbocycles. The van der Waals surface area contributed by atoms with E-state index in [4.69, 9.17) is 0 Å². The van der Waals surface area contributed by atoms with Crippen molar-refractivity contribution >= 4 is 9.84 Å². The largest absolute Gasteiger partial charge is 0.317 e. The van der Waals surface area contributed by atoms with Gasteiger partial charge in [-0.15, -0.1) is 0 Å². The van der Waals surface area contributed by atoms with Crippen molar-refractivity contribution in [3.8, 4) is 0 Å². The zero-order valence-electron chi connectivity index (χ0n) is 15.9. The van der Waals surface area contributed by atoms with Gasteiger partial charge in [-0.05, 0) is 25.8 Å². The molecule has 144 valence electrons. The van der Waals surface area contributed by atoms with Gasteiger partial charge in [-0.2, -0.15) is 5.10 Å². The van der Waals surface area contributed by atoms with E-state index in [2.05, 4.69) is 15.0 Å². The monoisotopic (exact) mass is 379 g/mol. The first-order chi connectivity index (χ1) is 12.3. The quantitative estimate of drug-likeness (QED) is 0.738. The summed E-state index contributed by atoms with van der Waals surface area (Å²) in [5.41, 5.74) is 2.10. The van der Waals surface area contributed by atoms with Crippen molar-refractivity contribution in [2.45, 2.75) is 56.9 Å². The first-order valence-corrected chi connectivity index (χ1v) is 11.1. The third-order valence-electron chi connectivity index (χ3n) is 5.04. The van der Waals surface area contributed by atoms with Crippen LogP contribution in [0.25, 0.3) is 0 Å². The minimum atomic E-state index is -3.33. The van der Waals surface area contributed by atoms with Gasteiger partial charge in [0.25, 0.3) is 0 Å². The average Bonchev–Trinajstić information content (AvgIpc) is 3.15. The zero-order chi connectivity index (χ0) is 18.7. The van der Waals surface area contributed by atoms with Crippen LogP contribution in [0.15, 0.2) is 23.7 Å². The Balaban J connectivity index is 1.77. The van der Waals surface area contributed by atoms with Gasteiger partial charge in [-0.25, -0.2) is 13.4 Å². The number of rotatable bonds is 7. The third-order valence-corrected chi connectivity index (χ3v) is 6.03. The molecule has 2 aromatic rings. The Bertz CT molecular complexity index is 834. The Morgan fingerprint density at radius 3 is 2.54 bits per heavy atom. The lowest BCUT2D eigenvalue weighted by molar-refractivity contribution is 0.282. The first-order valence-electron chi connectivity index (χ1n) is 9.23. The van der Waals surface area contributed by atoms with Crippen molar-refractivity contribution in [2.24, 2.45) is 13.0 Å². The maximum Gasteiger partial charge on any atom is 0.227 e. The number of nitrogens with zero attached hydrogens (tertiary/aromatic N) is 5. The van der Waals surface area contributed by atoms with Crippen LogP contribution in [0.3, 0.4) is 0 Å². The summed E-state index contributed by atoms with van der Waals surface area (Å²) in [6, 6.07) is 0. The molecule has 0 aromatic carbocycles. The number of hydrogen-bond acceptors (Lipinski definition) is 5. The highest BCUT2D eigenvalue weighted by molar-refractivity contribution is 7.90. The van der Waals surface area contributed by atoms with Crippen LogP contribution in [0.1, 0.15) is 43.4 Å². The molecule has 0 saturated heterocycles. The second kappa shape index (κ2) is 7.92. The Hall–Kier alpha value is -1.67. The number of sulfone groups is 1. The number of imidazole rings is 1. The van der Waals surface area contributed by atoms with E-state index < -0.39 is 9.84 Å². The molecule has 1 fully saturated rings. The van der Waals surface area contributed by atoms with Gasteiger partial charge >= 0.3 is 0 Å². The standard InChI is InChI=1S/C18H29N5O2S/c1-21(11-16-9-20-22(2)12-16)14-17-10-19-18(26(3,24)25)23(17)13-15-7-5-4-6-8-15/h9-10,12,15H,4-8,11,13-14H2,1-3H3. The van der Waals surface area contributed by atoms with E-state index in [-0.39, 0.29) is 5.16 Å². The fourth-order valence-electron chi connectivity index (χ4n) is 3.83. The Morgan fingerprint density at radius 1 is 1.19 bits per heavy atom. The molecule has 26 heavy (non-hydrogen) atoms. The molecule has 0 radical (unpaired) electrons. The molecular weight excluding hydrogens is 350 g/mol. The van der Waals surface area contributed by atoms with Gasteiger partial charge in [-0.3, -0.25) is 9.58 Å². The van der Waals surface area contributed by atoms with Gasteiger partial charge in [0.2, 0.25) is 15.0 Å². The first kappa shape index (κ1) is 19.1. The number of hydrogen-bond donors (Lipinski definition) is 0. The van der Waals surface area contributed by atoms with E-state index in [0.29, 0.717) is 12.5 Å². The summed E-state index contributed by atoms with van der Waals surface area (Å²) in [6.07, 6.45) is 12.9. The SMILES string of the molecule is CN(Cc1cnn(C)c1)Cc1cnc(S(C)(=O)=O)n1CC1CCCCC1. The van der Waals surface area contributed by atoms with Crippen molar-refractivity contribution in [1.82, 2.24) is 24.2 Å². The van der Waals surface area contributed by atoms with Gasteiger partial charge in [0.05, 0.1) is 18.1 Å². The molecular formula is C18H29N5O2S. The Kier molecular flexibility index (Phi) is 5.82. The minimum Gasteiger partial charge on any atom is -0.317 e. The van der Waals surface area contributed by atoms with Crippen LogP contribution in [0.5, 0.6) is 0 Å². The predicted octanol–water partition coefficient (Wildman–Crippen LogP) is 2.23. The van der Waals surface area contributed by atoms with Crippen LogP contribution < -0.4 is 0 Å². The number of aromatic nitrogens is 4. The van der Waals surface area contributed by atoms with E-state index in [1.807, 2.05) is 31.1 Å². The summed E-state index contributed by atoms with van der Waals surface area (Å²) >= 11 is 0. The van der Waals surface area contributed by atoms with Gasteiger partial charge < -0.3 is 4.57 Å². The van der Waals surface area contributed by atoms with Crippen LogP contribution in [-0.4, -0.2) is 46.0 Å². The van der Waals surface area contributed by atoms with Crippen LogP contribution >= 0.6 is 0 Å². The number of aryl methyl sites for hydroxylation is 1. The molecule has 0 unspecified atom stereocenters. The Labute approximate surface area is 155 Å². The maximum atomic E-state index is 12.2. The van der Waals surface area contributed by atoms with E-state index >= 15 is 0 Å². The topological polar surface area (TPSA) is 73.0 Å². The lowest BCUT2D eigenvalue weighted by Gasteiger charge is -2.24. The molecule has 0 bridgehead atoms. The molecule has 0 N–H and O–H groups in total. The molecule has 1 aliphatic carbocycles. The second-order valence-electron chi connectivity index (χ2n) is 7.61. The van der Waals surface area contributed by atoms with Crippen molar-refractivity contribution in [3.63, 3.8) is 0 Å². The maximum absolute atomic E-state index is 12.2. The van der Waals surface area contributed by atoms with E-state index in [0.717, 1.165) is 24.3 Å². The Morgan fingerprint density at radius 2 is 1.92 bits per heavy atom. The lowest BCUT2D eigenvalue weighted by atomic mass is 9.89. The highest BCUT2D eigenvalue weighted by Crippen LogP contribution is 2.27. The summed E-state index contributed by atoms with van der Waals surface area (Å²) in [4.78, 5) is 6.41. The third kappa shape index (κ3) is 4.73. The van der Waals surface area contributed by atoms with Crippen molar-refractivity contribution < 1.29 is 8.42 Å².